The molecule has 222 valence electrons. The average Bonchev–Trinajstić information content (AvgIpc) is 2.77. The number of hydrogen-bond donors (Lipinski definition) is 0. The second-order valence-electron chi connectivity index (χ2n) is 8.35. The van der Waals surface area contributed by atoms with Gasteiger partial charge in [0.05, 0.1) is 13.0 Å². The molecule has 0 rings (SSSR count). The van der Waals surface area contributed by atoms with E-state index < -0.39 is 62.1 Å². The normalized spacial score (nSPS) is 13.4. The highest BCUT2D eigenvalue weighted by atomic mass is 79.9. The number of unbranched alkanes of at least 4 members (excludes halogenated alkanes) is 5. The molecule has 0 spiro atoms. The Labute approximate surface area is 217 Å². The molecule has 0 aromatic rings. The van der Waals surface area contributed by atoms with Gasteiger partial charge in [-0.25, -0.2) is 0 Å². The summed E-state index contributed by atoms with van der Waals surface area (Å²) in [5, 5.41) is 0.865. The molecule has 0 N–H and O–H groups in total. The third-order valence-electron chi connectivity index (χ3n) is 5.08. The van der Waals surface area contributed by atoms with Crippen LogP contribution in [0.2, 0.25) is 0 Å². The topological polar surface area (TPSA) is 44.8 Å². The molecule has 0 radical (unpaired) electrons. The molecular weight excluding hydrogens is 598 g/mol. The summed E-state index contributed by atoms with van der Waals surface area (Å²) >= 11 is 3.30. The minimum Gasteiger partial charge on any atom is -0.466 e. The van der Waals surface area contributed by atoms with E-state index in [9.17, 15) is 48.7 Å². The first-order valence-corrected chi connectivity index (χ1v) is 13.0. The van der Waals surface area contributed by atoms with Gasteiger partial charge in [0.15, 0.2) is 6.29 Å². The SMILES string of the molecule is O=C(CCC(OCCCCC(F)(F)C(F)(F)F)OCCCCC(F)(F)C(F)(F)F)OCCCCCCBr. The smallest absolute Gasteiger partial charge is 0.453 e. The Morgan fingerprint density at radius 3 is 1.49 bits per heavy atom. The quantitative estimate of drug-likeness (QED) is 0.0420. The second kappa shape index (κ2) is 17.7. The fourth-order valence-electron chi connectivity index (χ4n) is 2.87. The first-order chi connectivity index (χ1) is 17.0. The Morgan fingerprint density at radius 1 is 0.622 bits per heavy atom. The number of carbonyl (C=O) groups excluding carboxylic acids is 1. The van der Waals surface area contributed by atoms with Gasteiger partial charge in [0, 0.05) is 37.8 Å². The van der Waals surface area contributed by atoms with Crippen molar-refractivity contribution in [1.82, 2.24) is 0 Å². The molecule has 0 unspecified atom stereocenters. The third kappa shape index (κ3) is 16.7. The van der Waals surface area contributed by atoms with Gasteiger partial charge in [-0.3, -0.25) is 4.79 Å². The van der Waals surface area contributed by atoms with E-state index in [4.69, 9.17) is 14.2 Å². The van der Waals surface area contributed by atoms with E-state index in [0.717, 1.165) is 24.6 Å². The van der Waals surface area contributed by atoms with Gasteiger partial charge in [-0.1, -0.05) is 28.8 Å². The van der Waals surface area contributed by atoms with Gasteiger partial charge in [0.1, 0.15) is 0 Å². The molecule has 0 saturated heterocycles. The lowest BCUT2D eigenvalue weighted by molar-refractivity contribution is -0.285. The van der Waals surface area contributed by atoms with E-state index in [-0.39, 0.29) is 45.5 Å². The molecule has 0 fully saturated rings. The van der Waals surface area contributed by atoms with Crippen LogP contribution in [0, 0.1) is 0 Å². The van der Waals surface area contributed by atoms with Crippen LogP contribution in [0.25, 0.3) is 0 Å². The summed E-state index contributed by atoms with van der Waals surface area (Å²) < 4.78 is 141. The Balaban J connectivity index is 4.51. The van der Waals surface area contributed by atoms with Crippen molar-refractivity contribution in [3.8, 4) is 0 Å². The molecule has 0 saturated carbocycles. The molecule has 4 nitrogen and oxygen atoms in total. The van der Waals surface area contributed by atoms with Crippen LogP contribution in [0.5, 0.6) is 0 Å². The molecule has 0 bridgehead atoms. The maximum Gasteiger partial charge on any atom is 0.453 e. The number of halogens is 11. The minimum absolute atomic E-state index is 0.0974. The van der Waals surface area contributed by atoms with Gasteiger partial charge in [-0.15, -0.1) is 0 Å². The Morgan fingerprint density at radius 2 is 1.05 bits per heavy atom. The summed E-state index contributed by atoms with van der Waals surface area (Å²) in [6.07, 6.45) is -13.7. The van der Waals surface area contributed by atoms with Gasteiger partial charge >= 0.3 is 30.2 Å². The zero-order valence-electron chi connectivity index (χ0n) is 20.2. The van der Waals surface area contributed by atoms with Crippen molar-refractivity contribution >= 4 is 21.9 Å². The summed E-state index contributed by atoms with van der Waals surface area (Å²) in [7, 11) is 0. The number of alkyl halides is 11. The lowest BCUT2D eigenvalue weighted by Gasteiger charge is -2.21. The fraction of sp³-hybridized carbons (Fsp3) is 0.955. The van der Waals surface area contributed by atoms with Crippen molar-refractivity contribution in [2.24, 2.45) is 0 Å². The largest absolute Gasteiger partial charge is 0.466 e. The van der Waals surface area contributed by atoms with Gasteiger partial charge in [-0.05, 0) is 38.5 Å². The van der Waals surface area contributed by atoms with Gasteiger partial charge < -0.3 is 14.2 Å². The molecule has 0 aromatic carbocycles. The van der Waals surface area contributed by atoms with Crippen molar-refractivity contribution in [2.45, 2.75) is 108 Å². The first-order valence-electron chi connectivity index (χ1n) is 11.9. The Hall–Kier alpha value is -0.830. The second-order valence-corrected chi connectivity index (χ2v) is 9.15. The highest BCUT2D eigenvalue weighted by Gasteiger charge is 2.57. The van der Waals surface area contributed by atoms with Crippen LogP contribution in [0.4, 0.5) is 43.9 Å². The van der Waals surface area contributed by atoms with E-state index in [0.29, 0.717) is 6.42 Å². The molecule has 0 aromatic heterocycles. The predicted octanol–water partition coefficient (Wildman–Crippen LogP) is 8.36. The average molecular weight is 631 g/mol. The summed E-state index contributed by atoms with van der Waals surface area (Å²) in [6, 6.07) is 0. The maximum absolute atomic E-state index is 12.9. The lowest BCUT2D eigenvalue weighted by atomic mass is 10.1. The van der Waals surface area contributed by atoms with Crippen LogP contribution in [-0.4, -0.2) is 61.6 Å². The number of rotatable bonds is 21. The van der Waals surface area contributed by atoms with Crippen LogP contribution in [-0.2, 0) is 19.0 Å². The summed E-state index contributed by atoms with van der Waals surface area (Å²) in [4.78, 5) is 11.9. The van der Waals surface area contributed by atoms with Crippen LogP contribution in [0.15, 0.2) is 0 Å². The van der Waals surface area contributed by atoms with E-state index in [2.05, 4.69) is 15.9 Å². The monoisotopic (exact) mass is 630 g/mol. The van der Waals surface area contributed by atoms with E-state index in [1.165, 1.54) is 0 Å². The van der Waals surface area contributed by atoms with E-state index in [1.807, 2.05) is 0 Å². The highest BCUT2D eigenvalue weighted by molar-refractivity contribution is 9.09. The van der Waals surface area contributed by atoms with Crippen LogP contribution in [0.3, 0.4) is 0 Å². The molecule has 0 amide bonds. The van der Waals surface area contributed by atoms with Crippen LogP contribution >= 0.6 is 15.9 Å². The Kier molecular flexibility index (Phi) is 17.3. The van der Waals surface area contributed by atoms with Crippen molar-refractivity contribution in [1.29, 1.82) is 0 Å². The zero-order chi connectivity index (χ0) is 28.6. The number of hydrogen-bond acceptors (Lipinski definition) is 4. The maximum atomic E-state index is 12.9. The molecule has 15 heteroatoms. The van der Waals surface area contributed by atoms with Crippen LogP contribution in [0.1, 0.15) is 77.0 Å². The van der Waals surface area contributed by atoms with Crippen molar-refractivity contribution < 1.29 is 62.9 Å². The van der Waals surface area contributed by atoms with Gasteiger partial charge in [-0.2, -0.15) is 43.9 Å². The number of esters is 1. The first kappa shape index (κ1) is 36.2. The lowest BCUT2D eigenvalue weighted by Crippen LogP contribution is -2.36. The van der Waals surface area contributed by atoms with Crippen molar-refractivity contribution in [3.05, 3.63) is 0 Å². The van der Waals surface area contributed by atoms with Crippen molar-refractivity contribution in [2.75, 3.05) is 25.2 Å². The molecule has 0 heterocycles. The number of carbonyl (C=O) groups is 1. The molecule has 37 heavy (non-hydrogen) atoms. The van der Waals surface area contributed by atoms with E-state index >= 15 is 0 Å². The van der Waals surface area contributed by atoms with Crippen molar-refractivity contribution in [3.63, 3.8) is 0 Å². The minimum atomic E-state index is -5.67. The summed E-state index contributed by atoms with van der Waals surface area (Å²) in [5.41, 5.74) is 0. The standard InChI is InChI=1S/C22H33BrF10O4/c23-13-5-1-2-6-14-35-17(34)9-10-18(36-15-7-3-11-19(24,25)21(28,29)30)37-16-8-4-12-20(26,27)22(31,32)33/h18H,1-16H2. The van der Waals surface area contributed by atoms with Gasteiger partial charge in [0.2, 0.25) is 0 Å². The van der Waals surface area contributed by atoms with Gasteiger partial charge in [0.25, 0.3) is 0 Å². The predicted molar refractivity (Wildman–Crippen MR) is 118 cm³/mol. The molecular formula is C22H33BrF10O4. The molecule has 0 aliphatic heterocycles. The fourth-order valence-corrected chi connectivity index (χ4v) is 3.27. The third-order valence-corrected chi connectivity index (χ3v) is 5.64. The highest BCUT2D eigenvalue weighted by Crippen LogP contribution is 2.40. The van der Waals surface area contributed by atoms with Crippen LogP contribution < -0.4 is 0 Å². The number of ether oxygens (including phenoxy) is 3. The molecule has 0 atom stereocenters. The summed E-state index contributed by atoms with van der Waals surface area (Å²) in [5.74, 6) is -10.3. The molecule has 0 aliphatic carbocycles. The Bertz CT molecular complexity index is 579. The van der Waals surface area contributed by atoms with E-state index in [1.54, 1.807) is 0 Å². The molecule has 0 aliphatic rings. The summed E-state index contributed by atoms with van der Waals surface area (Å²) in [6.45, 7) is -0.408. The zero-order valence-corrected chi connectivity index (χ0v) is 21.8.